The molecule has 5 heteroatoms. The fourth-order valence-electron chi connectivity index (χ4n) is 1.05. The van der Waals surface area contributed by atoms with Gasteiger partial charge in [-0.3, -0.25) is 4.98 Å². The summed E-state index contributed by atoms with van der Waals surface area (Å²) in [6, 6.07) is 1.61. The molecular weight excluding hydrogens is 200 g/mol. The molecule has 0 saturated heterocycles. The van der Waals surface area contributed by atoms with Gasteiger partial charge in [0, 0.05) is 17.5 Å². The van der Waals surface area contributed by atoms with E-state index in [4.69, 9.17) is 5.73 Å². The quantitative estimate of drug-likeness (QED) is 0.546. The van der Waals surface area contributed by atoms with E-state index < -0.39 is 12.2 Å². The first-order valence-electron chi connectivity index (χ1n) is 4.25. The number of rotatable bonds is 3. The number of pyridine rings is 1. The van der Waals surface area contributed by atoms with Gasteiger partial charge >= 0.3 is 0 Å². The number of nitrogens with zero attached hydrogens (tertiary/aromatic N) is 1. The molecule has 14 heavy (non-hydrogen) atoms. The van der Waals surface area contributed by atoms with Crippen molar-refractivity contribution in [3.05, 3.63) is 23.5 Å². The van der Waals surface area contributed by atoms with E-state index in [9.17, 15) is 10.2 Å². The van der Waals surface area contributed by atoms with Gasteiger partial charge in [0.2, 0.25) is 0 Å². The molecule has 1 aromatic heterocycles. The number of aliphatic hydroxyl groups excluding tert-OH is 2. The number of nitrogens with two attached hydrogens (primary N) is 1. The SMILES string of the molecule is Cc1ncc(C(O)C(O)CS)cc1N. The predicted octanol–water partition coefficient (Wildman–Crippen LogP) is 0.296. The molecule has 2 atom stereocenters. The molecule has 1 rings (SSSR count). The third kappa shape index (κ3) is 2.37. The minimum atomic E-state index is -0.983. The Labute approximate surface area is 88.2 Å². The van der Waals surface area contributed by atoms with Crippen LogP contribution in [-0.2, 0) is 0 Å². The van der Waals surface area contributed by atoms with E-state index in [1.54, 1.807) is 13.0 Å². The highest BCUT2D eigenvalue weighted by Crippen LogP contribution is 2.20. The topological polar surface area (TPSA) is 79.4 Å². The number of aromatic nitrogens is 1. The van der Waals surface area contributed by atoms with Crippen LogP contribution in [0.25, 0.3) is 0 Å². The smallest absolute Gasteiger partial charge is 0.107 e. The Morgan fingerprint density at radius 1 is 1.57 bits per heavy atom. The molecule has 78 valence electrons. The molecule has 1 heterocycles. The summed E-state index contributed by atoms with van der Waals surface area (Å²) < 4.78 is 0. The van der Waals surface area contributed by atoms with Crippen LogP contribution in [0.4, 0.5) is 5.69 Å². The van der Waals surface area contributed by atoms with Crippen molar-refractivity contribution in [2.24, 2.45) is 0 Å². The van der Waals surface area contributed by atoms with Gasteiger partial charge in [-0.1, -0.05) is 0 Å². The second kappa shape index (κ2) is 4.63. The average Bonchev–Trinajstić information content (AvgIpc) is 2.20. The predicted molar refractivity (Wildman–Crippen MR) is 58.2 cm³/mol. The van der Waals surface area contributed by atoms with Crippen molar-refractivity contribution in [2.45, 2.75) is 19.1 Å². The first-order chi connectivity index (χ1) is 6.56. The number of hydrogen-bond donors (Lipinski definition) is 4. The Kier molecular flexibility index (Phi) is 3.74. The minimum Gasteiger partial charge on any atom is -0.397 e. The molecule has 4 nitrogen and oxygen atoms in total. The molecule has 0 aliphatic carbocycles. The van der Waals surface area contributed by atoms with Gasteiger partial charge in [0.25, 0.3) is 0 Å². The largest absolute Gasteiger partial charge is 0.397 e. The van der Waals surface area contributed by atoms with Crippen LogP contribution in [0, 0.1) is 6.92 Å². The standard InChI is InChI=1S/C9H14N2O2S/c1-5-7(10)2-6(3-11-5)9(13)8(12)4-14/h2-3,8-9,12-14H,4,10H2,1H3. The fourth-order valence-corrected chi connectivity index (χ4v) is 1.25. The van der Waals surface area contributed by atoms with E-state index in [1.807, 2.05) is 0 Å². The van der Waals surface area contributed by atoms with Gasteiger partial charge < -0.3 is 15.9 Å². The Balaban J connectivity index is 2.91. The van der Waals surface area contributed by atoms with Crippen molar-refractivity contribution in [1.29, 1.82) is 0 Å². The second-order valence-corrected chi connectivity index (χ2v) is 3.50. The van der Waals surface area contributed by atoms with Crippen molar-refractivity contribution >= 4 is 18.3 Å². The van der Waals surface area contributed by atoms with Crippen molar-refractivity contribution in [2.75, 3.05) is 11.5 Å². The Hall–Kier alpha value is -0.780. The lowest BCUT2D eigenvalue weighted by Crippen LogP contribution is -2.20. The Bertz CT molecular complexity index is 320. The molecule has 0 spiro atoms. The molecule has 0 fully saturated rings. The van der Waals surface area contributed by atoms with E-state index in [0.717, 1.165) is 0 Å². The number of hydrogen-bond acceptors (Lipinski definition) is 5. The zero-order valence-electron chi connectivity index (χ0n) is 7.88. The van der Waals surface area contributed by atoms with Crippen LogP contribution >= 0.6 is 12.6 Å². The monoisotopic (exact) mass is 214 g/mol. The third-order valence-electron chi connectivity index (χ3n) is 2.04. The molecule has 0 amide bonds. The van der Waals surface area contributed by atoms with Gasteiger partial charge in [0.05, 0.1) is 17.5 Å². The van der Waals surface area contributed by atoms with Crippen molar-refractivity contribution in [1.82, 2.24) is 4.98 Å². The van der Waals surface area contributed by atoms with E-state index in [2.05, 4.69) is 17.6 Å². The zero-order chi connectivity index (χ0) is 10.7. The molecule has 0 aromatic carbocycles. The minimum absolute atomic E-state index is 0.189. The lowest BCUT2D eigenvalue weighted by molar-refractivity contribution is 0.0336. The normalized spacial score (nSPS) is 15.1. The van der Waals surface area contributed by atoms with Crippen molar-refractivity contribution in [3.8, 4) is 0 Å². The summed E-state index contributed by atoms with van der Waals surface area (Å²) in [6.45, 7) is 1.78. The summed E-state index contributed by atoms with van der Waals surface area (Å²) in [5, 5.41) is 19.0. The van der Waals surface area contributed by atoms with Crippen LogP contribution in [0.1, 0.15) is 17.4 Å². The summed E-state index contributed by atoms with van der Waals surface area (Å²) >= 11 is 3.89. The average molecular weight is 214 g/mol. The molecule has 0 radical (unpaired) electrons. The summed E-state index contributed by atoms with van der Waals surface area (Å²) in [6.07, 6.45) is -0.381. The first-order valence-corrected chi connectivity index (χ1v) is 4.88. The zero-order valence-corrected chi connectivity index (χ0v) is 8.78. The summed E-state index contributed by atoms with van der Waals surface area (Å²) in [4.78, 5) is 4.00. The van der Waals surface area contributed by atoms with Gasteiger partial charge in [-0.05, 0) is 13.0 Å². The number of anilines is 1. The van der Waals surface area contributed by atoms with Crippen molar-refractivity contribution in [3.63, 3.8) is 0 Å². The number of aliphatic hydroxyl groups is 2. The third-order valence-corrected chi connectivity index (χ3v) is 2.41. The molecule has 0 aliphatic rings. The second-order valence-electron chi connectivity index (χ2n) is 3.14. The summed E-state index contributed by atoms with van der Waals surface area (Å²) in [7, 11) is 0. The van der Waals surface area contributed by atoms with Crippen LogP contribution in [0.15, 0.2) is 12.3 Å². The first kappa shape index (κ1) is 11.3. The maximum atomic E-state index is 9.61. The molecule has 0 aliphatic heterocycles. The molecule has 2 unspecified atom stereocenters. The molecule has 0 bridgehead atoms. The van der Waals surface area contributed by atoms with E-state index in [-0.39, 0.29) is 5.75 Å². The molecule has 4 N–H and O–H groups in total. The van der Waals surface area contributed by atoms with Gasteiger partial charge in [0.15, 0.2) is 0 Å². The van der Waals surface area contributed by atoms with Gasteiger partial charge in [-0.15, -0.1) is 0 Å². The highest BCUT2D eigenvalue weighted by Gasteiger charge is 2.17. The van der Waals surface area contributed by atoms with Gasteiger partial charge in [-0.2, -0.15) is 12.6 Å². The van der Waals surface area contributed by atoms with Crippen molar-refractivity contribution < 1.29 is 10.2 Å². The van der Waals surface area contributed by atoms with Gasteiger partial charge in [-0.25, -0.2) is 0 Å². The molecule has 0 saturated carbocycles. The lowest BCUT2D eigenvalue weighted by atomic mass is 10.1. The van der Waals surface area contributed by atoms with Gasteiger partial charge in [0.1, 0.15) is 6.10 Å². The van der Waals surface area contributed by atoms with Crippen LogP contribution in [0.2, 0.25) is 0 Å². The van der Waals surface area contributed by atoms with E-state index in [1.165, 1.54) is 6.20 Å². The van der Waals surface area contributed by atoms with E-state index in [0.29, 0.717) is 16.9 Å². The Morgan fingerprint density at radius 2 is 2.21 bits per heavy atom. The molecule has 1 aromatic rings. The number of nitrogen functional groups attached to an aromatic ring is 1. The van der Waals surface area contributed by atoms with Crippen LogP contribution in [-0.4, -0.2) is 27.1 Å². The fraction of sp³-hybridized carbons (Fsp3) is 0.444. The summed E-state index contributed by atoms with van der Waals surface area (Å²) in [5.41, 5.74) is 7.35. The molecular formula is C9H14N2O2S. The Morgan fingerprint density at radius 3 is 2.71 bits per heavy atom. The highest BCUT2D eigenvalue weighted by molar-refractivity contribution is 7.80. The van der Waals surface area contributed by atoms with Crippen LogP contribution in [0.3, 0.4) is 0 Å². The number of aryl methyl sites for hydroxylation is 1. The van der Waals surface area contributed by atoms with Crippen LogP contribution in [0.5, 0.6) is 0 Å². The van der Waals surface area contributed by atoms with Crippen LogP contribution < -0.4 is 5.73 Å². The number of thiol groups is 1. The highest BCUT2D eigenvalue weighted by atomic mass is 32.1. The van der Waals surface area contributed by atoms with E-state index >= 15 is 0 Å². The maximum absolute atomic E-state index is 9.61. The maximum Gasteiger partial charge on any atom is 0.107 e. The lowest BCUT2D eigenvalue weighted by Gasteiger charge is -2.16. The summed E-state index contributed by atoms with van der Waals surface area (Å²) in [5.74, 6) is 0.189.